The summed E-state index contributed by atoms with van der Waals surface area (Å²) in [5.41, 5.74) is 6.71. The number of rotatable bonds is 2. The van der Waals surface area contributed by atoms with Crippen LogP contribution < -0.4 is 11.1 Å². The number of likely N-dealkylation sites (N-methyl/N-ethyl adjacent to an activating group) is 1. The van der Waals surface area contributed by atoms with Gasteiger partial charge in [-0.1, -0.05) is 12.2 Å². The molecule has 0 rings (SSSR count). The van der Waals surface area contributed by atoms with E-state index in [4.69, 9.17) is 5.73 Å². The van der Waals surface area contributed by atoms with Gasteiger partial charge in [0.15, 0.2) is 0 Å². The molecule has 0 heterocycles. The van der Waals surface area contributed by atoms with Crippen LogP contribution in [0.2, 0.25) is 0 Å². The summed E-state index contributed by atoms with van der Waals surface area (Å²) in [6, 6.07) is 0. The van der Waals surface area contributed by atoms with Gasteiger partial charge >= 0.3 is 0 Å². The van der Waals surface area contributed by atoms with E-state index in [1.54, 1.807) is 0 Å². The van der Waals surface area contributed by atoms with E-state index >= 15 is 0 Å². The van der Waals surface area contributed by atoms with Crippen molar-refractivity contribution in [2.24, 2.45) is 0 Å². The van der Waals surface area contributed by atoms with E-state index in [0.717, 1.165) is 6.54 Å². The monoisotopic (exact) mass is 117 g/mol. The quantitative estimate of drug-likeness (QED) is 0.525. The number of nitrogens with one attached hydrogen (secondary N) is 2. The molecule has 7 heavy (non-hydrogen) atoms. The molecule has 0 aromatic carbocycles. The van der Waals surface area contributed by atoms with Crippen molar-refractivity contribution in [3.8, 4) is 0 Å². The predicted molar refractivity (Wildman–Crippen MR) is 34.2 cm³/mol. The lowest BCUT2D eigenvalue weighted by Crippen LogP contribution is -2.24. The zero-order valence-corrected chi connectivity index (χ0v) is 5.14. The molecular formula is C4H9N2S. The van der Waals surface area contributed by atoms with Gasteiger partial charge in [-0.2, -0.15) is 0 Å². The van der Waals surface area contributed by atoms with Gasteiger partial charge in [-0.3, -0.25) is 5.73 Å². The molecule has 0 aromatic rings. The molecule has 0 fully saturated rings. The molecule has 0 saturated heterocycles. The van der Waals surface area contributed by atoms with Gasteiger partial charge in [0, 0.05) is 6.54 Å². The average Bonchev–Trinajstić information content (AvgIpc) is 1.68. The molecule has 0 aromatic heterocycles. The summed E-state index contributed by atoms with van der Waals surface area (Å²) in [6.45, 7) is 3.00. The summed E-state index contributed by atoms with van der Waals surface area (Å²) in [7, 11) is 0. The molecule has 0 aliphatic rings. The fourth-order valence-corrected chi connectivity index (χ4v) is 0.404. The third kappa shape index (κ3) is 3.69. The van der Waals surface area contributed by atoms with Crippen LogP contribution >= 0.6 is 12.2 Å². The number of thiocarbonyl (C=S) groups is 1. The molecule has 0 bridgehead atoms. The SMILES string of the molecule is CCNC(=S)C[NH]. The van der Waals surface area contributed by atoms with Crippen molar-refractivity contribution in [2.45, 2.75) is 6.92 Å². The summed E-state index contributed by atoms with van der Waals surface area (Å²) < 4.78 is 0. The van der Waals surface area contributed by atoms with E-state index in [2.05, 4.69) is 17.5 Å². The van der Waals surface area contributed by atoms with Gasteiger partial charge in [-0.25, -0.2) is 0 Å². The molecule has 2 nitrogen and oxygen atoms in total. The maximum Gasteiger partial charge on any atom is 0.0907 e. The first kappa shape index (κ1) is 6.85. The zero-order valence-electron chi connectivity index (χ0n) is 4.32. The van der Waals surface area contributed by atoms with Crippen LogP contribution in [0.4, 0.5) is 0 Å². The van der Waals surface area contributed by atoms with Crippen molar-refractivity contribution in [1.29, 1.82) is 0 Å². The highest BCUT2D eigenvalue weighted by atomic mass is 32.1. The van der Waals surface area contributed by atoms with Crippen LogP contribution in [0.1, 0.15) is 6.92 Å². The van der Waals surface area contributed by atoms with Crippen LogP contribution in [0, 0.1) is 0 Å². The average molecular weight is 117 g/mol. The third-order valence-corrected chi connectivity index (χ3v) is 0.823. The summed E-state index contributed by atoms with van der Waals surface area (Å²) in [4.78, 5) is 0.627. The molecule has 3 heteroatoms. The van der Waals surface area contributed by atoms with Crippen LogP contribution in [-0.4, -0.2) is 18.1 Å². The maximum atomic E-state index is 6.71. The van der Waals surface area contributed by atoms with Crippen molar-refractivity contribution in [3.05, 3.63) is 0 Å². The van der Waals surface area contributed by atoms with Gasteiger partial charge in [0.1, 0.15) is 0 Å². The van der Waals surface area contributed by atoms with Gasteiger partial charge in [0.25, 0.3) is 0 Å². The highest BCUT2D eigenvalue weighted by molar-refractivity contribution is 7.80. The standard InChI is InChI=1S/C4H9N2S/c1-2-6-4(7)3-5/h5H,2-3H2,1H3,(H,6,7). The van der Waals surface area contributed by atoms with E-state index in [0.29, 0.717) is 4.99 Å². The van der Waals surface area contributed by atoms with Crippen molar-refractivity contribution in [1.82, 2.24) is 11.1 Å². The lowest BCUT2D eigenvalue weighted by atomic mass is 10.6. The normalized spacial score (nSPS) is 8.29. The van der Waals surface area contributed by atoms with E-state index in [1.807, 2.05) is 6.92 Å². The molecular weight excluding hydrogens is 108 g/mol. The Labute approximate surface area is 49.1 Å². The Bertz CT molecular complexity index is 62.7. The Morgan fingerprint density at radius 3 is 2.57 bits per heavy atom. The van der Waals surface area contributed by atoms with Gasteiger partial charge in [0.05, 0.1) is 11.5 Å². The molecule has 2 N–H and O–H groups in total. The Morgan fingerprint density at radius 2 is 2.43 bits per heavy atom. The van der Waals surface area contributed by atoms with E-state index < -0.39 is 0 Å². The third-order valence-electron chi connectivity index (χ3n) is 0.535. The van der Waals surface area contributed by atoms with E-state index in [9.17, 15) is 0 Å². The van der Waals surface area contributed by atoms with Gasteiger partial charge in [-0.05, 0) is 6.92 Å². The van der Waals surface area contributed by atoms with Crippen LogP contribution in [-0.2, 0) is 0 Å². The largest absolute Gasteiger partial charge is 0.379 e. The molecule has 0 atom stereocenters. The molecule has 0 amide bonds. The molecule has 1 radical (unpaired) electrons. The second-order valence-corrected chi connectivity index (χ2v) is 1.62. The lowest BCUT2D eigenvalue weighted by molar-refractivity contribution is 0.959. The van der Waals surface area contributed by atoms with Crippen LogP contribution in [0.15, 0.2) is 0 Å². The van der Waals surface area contributed by atoms with Gasteiger partial charge in [0.2, 0.25) is 0 Å². The smallest absolute Gasteiger partial charge is 0.0907 e. The zero-order chi connectivity index (χ0) is 5.70. The van der Waals surface area contributed by atoms with Crippen LogP contribution in [0.5, 0.6) is 0 Å². The Balaban J connectivity index is 3.00. The van der Waals surface area contributed by atoms with Crippen LogP contribution in [0.3, 0.4) is 0 Å². The minimum Gasteiger partial charge on any atom is -0.379 e. The topological polar surface area (TPSA) is 35.8 Å². The second-order valence-electron chi connectivity index (χ2n) is 1.13. The molecule has 0 spiro atoms. The van der Waals surface area contributed by atoms with Gasteiger partial charge < -0.3 is 5.32 Å². The van der Waals surface area contributed by atoms with E-state index in [-0.39, 0.29) is 6.54 Å². The first-order chi connectivity index (χ1) is 3.31. The summed E-state index contributed by atoms with van der Waals surface area (Å²) in [6.07, 6.45) is 0. The highest BCUT2D eigenvalue weighted by Crippen LogP contribution is 1.64. The van der Waals surface area contributed by atoms with Crippen molar-refractivity contribution in [2.75, 3.05) is 13.1 Å². The molecule has 0 aliphatic carbocycles. The summed E-state index contributed by atoms with van der Waals surface area (Å²) in [5, 5.41) is 2.84. The van der Waals surface area contributed by atoms with Crippen molar-refractivity contribution in [3.63, 3.8) is 0 Å². The first-order valence-corrected chi connectivity index (χ1v) is 2.63. The Kier molecular flexibility index (Phi) is 3.93. The predicted octanol–water partition coefficient (Wildman–Crippen LogP) is 0.206. The molecule has 0 saturated carbocycles. The fourth-order valence-electron chi connectivity index (χ4n) is 0.260. The maximum absolute atomic E-state index is 6.71. The minimum atomic E-state index is 0.211. The molecule has 0 aliphatic heterocycles. The van der Waals surface area contributed by atoms with Crippen LogP contribution in [0.25, 0.3) is 0 Å². The fraction of sp³-hybridized carbons (Fsp3) is 0.750. The number of hydrogen-bond donors (Lipinski definition) is 1. The minimum absolute atomic E-state index is 0.211. The highest BCUT2D eigenvalue weighted by Gasteiger charge is 1.83. The van der Waals surface area contributed by atoms with Crippen molar-refractivity contribution < 1.29 is 0 Å². The lowest BCUT2D eigenvalue weighted by Gasteiger charge is -1.97. The van der Waals surface area contributed by atoms with E-state index in [1.165, 1.54) is 0 Å². The van der Waals surface area contributed by atoms with Gasteiger partial charge in [-0.15, -0.1) is 0 Å². The first-order valence-electron chi connectivity index (χ1n) is 2.22. The molecule has 0 unspecified atom stereocenters. The summed E-state index contributed by atoms with van der Waals surface area (Å²) >= 11 is 4.66. The Hall–Kier alpha value is -0.150. The Morgan fingerprint density at radius 1 is 1.86 bits per heavy atom. The second kappa shape index (κ2) is 4.02. The van der Waals surface area contributed by atoms with Crippen molar-refractivity contribution >= 4 is 17.2 Å². The number of hydrogen-bond acceptors (Lipinski definition) is 1. The summed E-state index contributed by atoms with van der Waals surface area (Å²) in [5.74, 6) is 0. The molecule has 41 valence electrons.